The monoisotopic (exact) mass is 218 g/mol. The summed E-state index contributed by atoms with van der Waals surface area (Å²) in [6.07, 6.45) is 1.76. The zero-order chi connectivity index (χ0) is 11.7. The zero-order valence-corrected chi connectivity index (χ0v) is 10.1. The van der Waals surface area contributed by atoms with Crippen LogP contribution in [0.2, 0.25) is 0 Å². The van der Waals surface area contributed by atoms with Crippen molar-refractivity contribution in [1.29, 1.82) is 0 Å². The molecule has 0 saturated heterocycles. The van der Waals surface area contributed by atoms with Crippen LogP contribution < -0.4 is 10.2 Å². The molecule has 3 heteroatoms. The van der Waals surface area contributed by atoms with E-state index in [1.54, 1.807) is 4.90 Å². The molecule has 0 radical (unpaired) electrons. The quantitative estimate of drug-likeness (QED) is 0.826. The van der Waals surface area contributed by atoms with Crippen molar-refractivity contribution in [3.63, 3.8) is 0 Å². The minimum Gasteiger partial charge on any atom is -0.372 e. The highest BCUT2D eigenvalue weighted by atomic mass is 16.2. The summed E-state index contributed by atoms with van der Waals surface area (Å²) in [5, 5.41) is 3.31. The van der Waals surface area contributed by atoms with Gasteiger partial charge in [-0.15, -0.1) is 0 Å². The molecule has 0 fully saturated rings. The van der Waals surface area contributed by atoms with Crippen LogP contribution in [0.4, 0.5) is 11.4 Å². The maximum Gasteiger partial charge on any atom is 0.249 e. The highest BCUT2D eigenvalue weighted by molar-refractivity contribution is 6.05. The molecule has 16 heavy (non-hydrogen) atoms. The first-order valence-corrected chi connectivity index (χ1v) is 5.85. The number of benzene rings is 1. The van der Waals surface area contributed by atoms with E-state index in [9.17, 15) is 4.79 Å². The van der Waals surface area contributed by atoms with E-state index >= 15 is 0 Å². The number of nitrogens with one attached hydrogen (secondary N) is 1. The normalized spacial score (nSPS) is 19.3. The molecule has 1 amide bonds. The van der Waals surface area contributed by atoms with Gasteiger partial charge in [-0.3, -0.25) is 4.79 Å². The molecule has 1 aromatic rings. The Morgan fingerprint density at radius 1 is 1.38 bits per heavy atom. The number of fused-ring (bicyclic) bond motifs is 1. The standard InChI is InChI=1S/C13H18N2O/c1-4-9-7-6-8-11-12(9)15(3)13(16)10(5-2)14-11/h6-8,10,14H,4-5H2,1-3H3. The topological polar surface area (TPSA) is 32.3 Å². The van der Waals surface area contributed by atoms with Crippen LogP contribution in [0, 0.1) is 0 Å². The Morgan fingerprint density at radius 3 is 2.75 bits per heavy atom. The van der Waals surface area contributed by atoms with Gasteiger partial charge in [0.1, 0.15) is 6.04 Å². The van der Waals surface area contributed by atoms with Crippen molar-refractivity contribution < 1.29 is 4.79 Å². The molecule has 1 atom stereocenters. The van der Waals surface area contributed by atoms with Crippen molar-refractivity contribution in [2.24, 2.45) is 0 Å². The summed E-state index contributed by atoms with van der Waals surface area (Å²) in [7, 11) is 1.86. The molecular formula is C13H18N2O. The van der Waals surface area contributed by atoms with Gasteiger partial charge >= 0.3 is 0 Å². The Hall–Kier alpha value is -1.51. The van der Waals surface area contributed by atoms with Crippen molar-refractivity contribution in [3.05, 3.63) is 23.8 Å². The lowest BCUT2D eigenvalue weighted by molar-refractivity contribution is -0.119. The highest BCUT2D eigenvalue weighted by Gasteiger charge is 2.29. The lowest BCUT2D eigenvalue weighted by atomic mass is 10.0. The van der Waals surface area contributed by atoms with Crippen LogP contribution in [0.5, 0.6) is 0 Å². The predicted octanol–water partition coefficient (Wildman–Crippen LogP) is 2.42. The van der Waals surface area contributed by atoms with Crippen LogP contribution in [-0.2, 0) is 11.2 Å². The molecule has 3 nitrogen and oxygen atoms in total. The predicted molar refractivity (Wildman–Crippen MR) is 66.9 cm³/mol. The number of hydrogen-bond acceptors (Lipinski definition) is 2. The van der Waals surface area contributed by atoms with Crippen LogP contribution in [0.1, 0.15) is 25.8 Å². The third-order valence-electron chi connectivity index (χ3n) is 3.20. The Kier molecular flexibility index (Phi) is 2.86. The van der Waals surface area contributed by atoms with Crippen molar-refractivity contribution in [2.45, 2.75) is 32.7 Å². The van der Waals surface area contributed by atoms with Crippen molar-refractivity contribution in [3.8, 4) is 0 Å². The molecule has 0 aromatic heterocycles. The second-order valence-electron chi connectivity index (χ2n) is 4.17. The van der Waals surface area contributed by atoms with E-state index in [0.29, 0.717) is 0 Å². The maximum absolute atomic E-state index is 12.1. The van der Waals surface area contributed by atoms with Crippen LogP contribution in [0.15, 0.2) is 18.2 Å². The first kappa shape index (κ1) is 11.0. The van der Waals surface area contributed by atoms with Gasteiger partial charge < -0.3 is 10.2 Å². The molecule has 0 bridgehead atoms. The van der Waals surface area contributed by atoms with Crippen LogP contribution in [0.25, 0.3) is 0 Å². The number of carbonyl (C=O) groups excluding carboxylic acids is 1. The van der Waals surface area contributed by atoms with E-state index in [2.05, 4.69) is 18.3 Å². The smallest absolute Gasteiger partial charge is 0.249 e. The SMILES string of the molecule is CCc1cccc2c1N(C)C(=O)C(CC)N2. The average Bonchev–Trinajstić information content (AvgIpc) is 2.32. The largest absolute Gasteiger partial charge is 0.372 e. The number of carbonyl (C=O) groups is 1. The summed E-state index contributed by atoms with van der Waals surface area (Å²) in [5.74, 6) is 0.163. The molecular weight excluding hydrogens is 200 g/mol. The van der Waals surface area contributed by atoms with E-state index < -0.39 is 0 Å². The van der Waals surface area contributed by atoms with Crippen LogP contribution >= 0.6 is 0 Å². The van der Waals surface area contributed by atoms with Crippen molar-refractivity contribution in [2.75, 3.05) is 17.3 Å². The van der Waals surface area contributed by atoms with Gasteiger partial charge in [0, 0.05) is 7.05 Å². The van der Waals surface area contributed by atoms with Crippen LogP contribution in [-0.4, -0.2) is 19.0 Å². The molecule has 1 aliphatic rings. The van der Waals surface area contributed by atoms with Crippen LogP contribution in [0.3, 0.4) is 0 Å². The Labute approximate surface area is 96.5 Å². The van der Waals surface area contributed by atoms with Crippen molar-refractivity contribution in [1.82, 2.24) is 0 Å². The van der Waals surface area contributed by atoms with Gasteiger partial charge in [0.05, 0.1) is 11.4 Å². The number of nitrogens with zero attached hydrogens (tertiary/aromatic N) is 1. The first-order chi connectivity index (χ1) is 7.69. The van der Waals surface area contributed by atoms with E-state index in [1.807, 2.05) is 26.1 Å². The fourth-order valence-electron chi connectivity index (χ4n) is 2.26. The Morgan fingerprint density at radius 2 is 2.12 bits per heavy atom. The number of anilines is 2. The molecule has 86 valence electrons. The highest BCUT2D eigenvalue weighted by Crippen LogP contribution is 2.34. The second kappa shape index (κ2) is 4.16. The fraction of sp³-hybridized carbons (Fsp3) is 0.462. The second-order valence-corrected chi connectivity index (χ2v) is 4.17. The van der Waals surface area contributed by atoms with E-state index in [-0.39, 0.29) is 11.9 Å². The Balaban J connectivity index is 2.50. The number of para-hydroxylation sites is 1. The first-order valence-electron chi connectivity index (χ1n) is 5.85. The summed E-state index contributed by atoms with van der Waals surface area (Å²) in [4.78, 5) is 13.8. The number of aryl methyl sites for hydroxylation is 1. The molecule has 1 aromatic carbocycles. The molecule has 1 heterocycles. The average molecular weight is 218 g/mol. The number of hydrogen-bond donors (Lipinski definition) is 1. The van der Waals surface area contributed by atoms with E-state index in [1.165, 1.54) is 5.56 Å². The fourth-order valence-corrected chi connectivity index (χ4v) is 2.26. The molecule has 1 unspecified atom stereocenters. The molecule has 0 saturated carbocycles. The van der Waals surface area contributed by atoms with Gasteiger partial charge in [-0.05, 0) is 24.5 Å². The summed E-state index contributed by atoms with van der Waals surface area (Å²) >= 11 is 0. The minimum absolute atomic E-state index is 0.0791. The summed E-state index contributed by atoms with van der Waals surface area (Å²) < 4.78 is 0. The van der Waals surface area contributed by atoms with Crippen molar-refractivity contribution >= 4 is 17.3 Å². The van der Waals surface area contributed by atoms with Gasteiger partial charge in [-0.1, -0.05) is 26.0 Å². The van der Waals surface area contributed by atoms with Gasteiger partial charge in [-0.2, -0.15) is 0 Å². The third-order valence-corrected chi connectivity index (χ3v) is 3.20. The maximum atomic E-state index is 12.1. The summed E-state index contributed by atoms with van der Waals surface area (Å²) in [5.41, 5.74) is 3.34. The lowest BCUT2D eigenvalue weighted by Crippen LogP contribution is -2.45. The number of likely N-dealkylation sites (N-methyl/N-ethyl adjacent to an activating group) is 1. The molecule has 1 aliphatic heterocycles. The number of amides is 1. The minimum atomic E-state index is -0.0791. The third kappa shape index (κ3) is 1.56. The Bertz CT molecular complexity index is 414. The number of rotatable bonds is 2. The van der Waals surface area contributed by atoms with E-state index in [4.69, 9.17) is 0 Å². The molecule has 1 N–H and O–H groups in total. The lowest BCUT2D eigenvalue weighted by Gasteiger charge is -2.34. The summed E-state index contributed by atoms with van der Waals surface area (Å²) in [6, 6.07) is 6.09. The molecule has 2 rings (SSSR count). The summed E-state index contributed by atoms with van der Waals surface area (Å²) in [6.45, 7) is 4.14. The zero-order valence-electron chi connectivity index (χ0n) is 10.1. The van der Waals surface area contributed by atoms with E-state index in [0.717, 1.165) is 24.2 Å². The van der Waals surface area contributed by atoms with Gasteiger partial charge in [0.2, 0.25) is 5.91 Å². The van der Waals surface area contributed by atoms with Gasteiger partial charge in [0.15, 0.2) is 0 Å². The molecule has 0 aliphatic carbocycles. The molecule has 0 spiro atoms. The van der Waals surface area contributed by atoms with Gasteiger partial charge in [-0.25, -0.2) is 0 Å². The van der Waals surface area contributed by atoms with Gasteiger partial charge in [0.25, 0.3) is 0 Å².